The minimum absolute atomic E-state index is 0.470. The zero-order chi connectivity index (χ0) is 9.80. The van der Waals surface area contributed by atoms with Gasteiger partial charge in [-0.15, -0.1) is 0 Å². The lowest BCUT2D eigenvalue weighted by Gasteiger charge is -2.32. The monoisotopic (exact) mass is 197 g/mol. The van der Waals surface area contributed by atoms with Crippen molar-refractivity contribution in [3.63, 3.8) is 0 Å². The van der Waals surface area contributed by atoms with Gasteiger partial charge >= 0.3 is 0 Å². The molecule has 2 rings (SSSR count). The minimum atomic E-state index is 0.470. The molecule has 0 amide bonds. The molecule has 1 aliphatic heterocycles. The fourth-order valence-corrected chi connectivity index (χ4v) is 2.61. The summed E-state index contributed by atoms with van der Waals surface area (Å²) < 4.78 is 0. The van der Waals surface area contributed by atoms with Crippen LogP contribution in [-0.2, 0) is 0 Å². The lowest BCUT2D eigenvalue weighted by molar-refractivity contribution is 0.286. The Labute approximate surface area is 86.8 Å². The predicted molar refractivity (Wildman–Crippen MR) is 59.3 cm³/mol. The van der Waals surface area contributed by atoms with E-state index in [9.17, 15) is 0 Å². The van der Waals surface area contributed by atoms with Crippen LogP contribution in [0.3, 0.4) is 0 Å². The number of nitrogens with two attached hydrogens (primary N) is 1. The van der Waals surface area contributed by atoms with E-state index in [-0.39, 0.29) is 0 Å². The molecule has 0 aromatic heterocycles. The predicted octanol–water partition coefficient (Wildman–Crippen LogP) is 0.598. The lowest BCUT2D eigenvalue weighted by atomic mass is 9.91. The molecular weight excluding hydrogens is 174 g/mol. The molecule has 0 bridgehead atoms. The molecule has 2 aliphatic rings. The van der Waals surface area contributed by atoms with Crippen molar-refractivity contribution in [2.24, 2.45) is 5.73 Å². The van der Waals surface area contributed by atoms with E-state index in [0.717, 1.165) is 12.6 Å². The van der Waals surface area contributed by atoms with Gasteiger partial charge in [0.2, 0.25) is 0 Å². The van der Waals surface area contributed by atoms with Gasteiger partial charge in [-0.3, -0.25) is 0 Å². The standard InChI is InChI=1S/C11H23N3/c12-9-3-5-10(6-4-9)14-11-2-1-7-13-8-11/h9-11,13-14H,1-8,12H2. The van der Waals surface area contributed by atoms with Crippen molar-refractivity contribution < 1.29 is 0 Å². The van der Waals surface area contributed by atoms with Crippen molar-refractivity contribution >= 4 is 0 Å². The average Bonchev–Trinajstić information content (AvgIpc) is 2.23. The summed E-state index contributed by atoms with van der Waals surface area (Å²) in [7, 11) is 0. The van der Waals surface area contributed by atoms with Gasteiger partial charge < -0.3 is 16.4 Å². The van der Waals surface area contributed by atoms with Crippen LogP contribution >= 0.6 is 0 Å². The second-order valence-electron chi connectivity index (χ2n) is 4.82. The molecule has 1 aliphatic carbocycles. The van der Waals surface area contributed by atoms with E-state index in [1.54, 1.807) is 0 Å². The molecular formula is C11H23N3. The van der Waals surface area contributed by atoms with Gasteiger partial charge in [0.25, 0.3) is 0 Å². The molecule has 0 aromatic rings. The first-order valence-electron chi connectivity index (χ1n) is 6.07. The van der Waals surface area contributed by atoms with Gasteiger partial charge in [0, 0.05) is 24.7 Å². The van der Waals surface area contributed by atoms with Gasteiger partial charge in [-0.25, -0.2) is 0 Å². The Kier molecular flexibility index (Phi) is 3.79. The van der Waals surface area contributed by atoms with E-state index in [1.807, 2.05) is 0 Å². The quantitative estimate of drug-likeness (QED) is 0.607. The van der Waals surface area contributed by atoms with E-state index in [2.05, 4.69) is 10.6 Å². The molecule has 1 saturated heterocycles. The molecule has 0 radical (unpaired) electrons. The highest BCUT2D eigenvalue weighted by molar-refractivity contribution is 4.84. The Morgan fingerprint density at radius 3 is 2.43 bits per heavy atom. The van der Waals surface area contributed by atoms with E-state index < -0.39 is 0 Å². The van der Waals surface area contributed by atoms with Crippen molar-refractivity contribution in [2.45, 2.75) is 56.7 Å². The van der Waals surface area contributed by atoms with Crippen molar-refractivity contribution in [1.29, 1.82) is 0 Å². The summed E-state index contributed by atoms with van der Waals surface area (Å²) in [6, 6.07) is 1.92. The Hall–Kier alpha value is -0.120. The molecule has 0 spiro atoms. The SMILES string of the molecule is NC1CCC(NC2CCCNC2)CC1. The lowest BCUT2D eigenvalue weighted by Crippen LogP contribution is -2.49. The first-order valence-corrected chi connectivity index (χ1v) is 6.07. The summed E-state index contributed by atoms with van der Waals surface area (Å²) in [5.41, 5.74) is 5.89. The highest BCUT2D eigenvalue weighted by Gasteiger charge is 2.21. The molecule has 3 nitrogen and oxygen atoms in total. The summed E-state index contributed by atoms with van der Waals surface area (Å²) in [4.78, 5) is 0. The minimum Gasteiger partial charge on any atom is -0.328 e. The molecule has 82 valence electrons. The van der Waals surface area contributed by atoms with Gasteiger partial charge in [0.1, 0.15) is 0 Å². The molecule has 2 fully saturated rings. The van der Waals surface area contributed by atoms with Crippen LogP contribution in [0.4, 0.5) is 0 Å². The number of hydrogen-bond acceptors (Lipinski definition) is 3. The second-order valence-corrected chi connectivity index (χ2v) is 4.82. The number of piperidine rings is 1. The van der Waals surface area contributed by atoms with Crippen molar-refractivity contribution in [2.75, 3.05) is 13.1 Å². The highest BCUT2D eigenvalue weighted by Crippen LogP contribution is 2.18. The summed E-state index contributed by atoms with van der Waals surface area (Å²) in [5, 5.41) is 7.21. The Bertz CT molecular complexity index is 158. The van der Waals surface area contributed by atoms with E-state index in [1.165, 1.54) is 45.1 Å². The van der Waals surface area contributed by atoms with Crippen LogP contribution in [0.5, 0.6) is 0 Å². The van der Waals surface area contributed by atoms with Gasteiger partial charge in [-0.1, -0.05) is 0 Å². The maximum Gasteiger partial charge on any atom is 0.0195 e. The Morgan fingerprint density at radius 2 is 1.79 bits per heavy atom. The molecule has 1 atom stereocenters. The van der Waals surface area contributed by atoms with Crippen LogP contribution in [0.25, 0.3) is 0 Å². The summed E-state index contributed by atoms with van der Waals surface area (Å²) in [6.45, 7) is 2.36. The van der Waals surface area contributed by atoms with E-state index in [4.69, 9.17) is 5.73 Å². The number of rotatable bonds is 2. The van der Waals surface area contributed by atoms with Crippen molar-refractivity contribution in [3.05, 3.63) is 0 Å². The van der Waals surface area contributed by atoms with Crippen LogP contribution in [-0.4, -0.2) is 31.2 Å². The first kappa shape index (κ1) is 10.4. The Morgan fingerprint density at radius 1 is 1.00 bits per heavy atom. The normalized spacial score (nSPS) is 39.6. The van der Waals surface area contributed by atoms with E-state index in [0.29, 0.717) is 12.1 Å². The first-order chi connectivity index (χ1) is 6.84. The zero-order valence-electron chi connectivity index (χ0n) is 8.97. The van der Waals surface area contributed by atoms with Gasteiger partial charge in [-0.2, -0.15) is 0 Å². The third-order valence-electron chi connectivity index (χ3n) is 3.54. The molecule has 1 heterocycles. The van der Waals surface area contributed by atoms with Crippen LogP contribution < -0.4 is 16.4 Å². The van der Waals surface area contributed by atoms with Crippen molar-refractivity contribution in [3.8, 4) is 0 Å². The third-order valence-corrected chi connectivity index (χ3v) is 3.54. The molecule has 0 aromatic carbocycles. The summed E-state index contributed by atoms with van der Waals surface area (Å²) in [5.74, 6) is 0. The highest BCUT2D eigenvalue weighted by atomic mass is 15.0. The summed E-state index contributed by atoms with van der Waals surface area (Å²) >= 11 is 0. The van der Waals surface area contributed by atoms with Gasteiger partial charge in [0.15, 0.2) is 0 Å². The van der Waals surface area contributed by atoms with E-state index >= 15 is 0 Å². The smallest absolute Gasteiger partial charge is 0.0195 e. The number of hydrogen-bond donors (Lipinski definition) is 3. The fraction of sp³-hybridized carbons (Fsp3) is 1.00. The molecule has 3 heteroatoms. The van der Waals surface area contributed by atoms with Gasteiger partial charge in [0.05, 0.1) is 0 Å². The molecule has 14 heavy (non-hydrogen) atoms. The maximum atomic E-state index is 5.89. The topological polar surface area (TPSA) is 50.1 Å². The molecule has 4 N–H and O–H groups in total. The van der Waals surface area contributed by atoms with Crippen molar-refractivity contribution in [1.82, 2.24) is 10.6 Å². The molecule has 1 unspecified atom stereocenters. The van der Waals surface area contributed by atoms with Gasteiger partial charge in [-0.05, 0) is 45.1 Å². The largest absolute Gasteiger partial charge is 0.328 e. The van der Waals surface area contributed by atoms with Crippen LogP contribution in [0, 0.1) is 0 Å². The average molecular weight is 197 g/mol. The second kappa shape index (κ2) is 5.10. The van der Waals surface area contributed by atoms with Crippen LogP contribution in [0.15, 0.2) is 0 Å². The number of nitrogens with one attached hydrogen (secondary N) is 2. The third kappa shape index (κ3) is 2.94. The van der Waals surface area contributed by atoms with Crippen LogP contribution in [0.1, 0.15) is 38.5 Å². The summed E-state index contributed by atoms with van der Waals surface area (Å²) in [6.07, 6.45) is 7.63. The fourth-order valence-electron chi connectivity index (χ4n) is 2.61. The maximum absolute atomic E-state index is 5.89. The molecule has 1 saturated carbocycles. The zero-order valence-corrected chi connectivity index (χ0v) is 8.97. The van der Waals surface area contributed by atoms with Crippen LogP contribution in [0.2, 0.25) is 0 Å². The Balaban J connectivity index is 1.68.